The van der Waals surface area contributed by atoms with Crippen LogP contribution in [0.25, 0.3) is 0 Å². The molecule has 0 unspecified atom stereocenters. The van der Waals surface area contributed by atoms with Gasteiger partial charge in [-0.05, 0) is 25.6 Å². The number of hydrogen-bond donors (Lipinski definition) is 0. The van der Waals surface area contributed by atoms with E-state index in [1.165, 1.54) is 0 Å². The lowest BCUT2D eigenvalue weighted by atomic mass is 10.1. The van der Waals surface area contributed by atoms with Crippen LogP contribution in [0.4, 0.5) is 0 Å². The summed E-state index contributed by atoms with van der Waals surface area (Å²) in [6.45, 7) is 7.41. The first kappa shape index (κ1) is 11.4. The van der Waals surface area contributed by atoms with Gasteiger partial charge in [-0.3, -0.25) is 9.98 Å². The molecule has 0 aromatic carbocycles. The molecule has 12 heavy (non-hydrogen) atoms. The van der Waals surface area contributed by atoms with Crippen LogP contribution >= 0.6 is 11.6 Å². The predicted molar refractivity (Wildman–Crippen MR) is 56.4 cm³/mol. The van der Waals surface area contributed by atoms with Gasteiger partial charge in [0.05, 0.1) is 0 Å². The van der Waals surface area contributed by atoms with E-state index >= 15 is 0 Å². The summed E-state index contributed by atoms with van der Waals surface area (Å²) in [4.78, 5) is 7.74. The molecule has 0 aliphatic rings. The van der Waals surface area contributed by atoms with Crippen molar-refractivity contribution in [2.24, 2.45) is 9.98 Å². The summed E-state index contributed by atoms with van der Waals surface area (Å²) >= 11 is 5.83. The van der Waals surface area contributed by atoms with Crippen LogP contribution in [0.15, 0.2) is 20.7 Å². The first-order valence-corrected chi connectivity index (χ1v) is 4.30. The minimum absolute atomic E-state index is 0.514. The van der Waals surface area contributed by atoms with E-state index in [9.17, 15) is 0 Å². The molecule has 0 aliphatic heterocycles. The number of aliphatic imine (C=N–C) groups is 2. The lowest BCUT2D eigenvalue weighted by Gasteiger charge is -2.04. The van der Waals surface area contributed by atoms with E-state index in [0.717, 1.165) is 24.1 Å². The van der Waals surface area contributed by atoms with E-state index in [-0.39, 0.29) is 0 Å². The highest BCUT2D eigenvalue weighted by Crippen LogP contribution is 2.17. The molecule has 2 nitrogen and oxygen atoms in total. The quantitative estimate of drug-likeness (QED) is 0.476. The zero-order valence-electron chi connectivity index (χ0n) is 7.89. The molecule has 3 heteroatoms. The lowest BCUT2D eigenvalue weighted by molar-refractivity contribution is 1.03. The van der Waals surface area contributed by atoms with Crippen LogP contribution in [0.2, 0.25) is 0 Å². The molecule has 0 amide bonds. The van der Waals surface area contributed by atoms with Crippen LogP contribution in [0, 0.1) is 0 Å². The average molecular weight is 187 g/mol. The maximum absolute atomic E-state index is 5.83. The molecular weight excluding hydrogens is 172 g/mol. The van der Waals surface area contributed by atoms with Gasteiger partial charge in [0.1, 0.15) is 5.16 Å². The zero-order chi connectivity index (χ0) is 9.56. The molecule has 0 fully saturated rings. The zero-order valence-corrected chi connectivity index (χ0v) is 8.65. The van der Waals surface area contributed by atoms with Gasteiger partial charge in [-0.15, -0.1) is 0 Å². The van der Waals surface area contributed by atoms with E-state index < -0.39 is 0 Å². The Balaban J connectivity index is 4.48. The lowest BCUT2D eigenvalue weighted by Crippen LogP contribution is -1.95. The summed E-state index contributed by atoms with van der Waals surface area (Å²) in [6, 6.07) is 0. The van der Waals surface area contributed by atoms with E-state index in [0.29, 0.717) is 5.16 Å². The molecule has 0 aliphatic carbocycles. The molecule has 0 N–H and O–H groups in total. The normalized spacial score (nSPS) is 14.2. The summed E-state index contributed by atoms with van der Waals surface area (Å²) in [7, 11) is 1.78. The Labute approximate surface area is 79.1 Å². The number of rotatable bonds is 4. The van der Waals surface area contributed by atoms with Crippen molar-refractivity contribution in [3.63, 3.8) is 0 Å². The molecule has 0 atom stereocenters. The summed E-state index contributed by atoms with van der Waals surface area (Å²) in [5.74, 6) is 0. The highest BCUT2D eigenvalue weighted by molar-refractivity contribution is 6.30. The third-order valence-electron chi connectivity index (χ3n) is 1.71. The second-order valence-corrected chi connectivity index (χ2v) is 2.90. The smallest absolute Gasteiger partial charge is 0.127 e. The van der Waals surface area contributed by atoms with Crippen molar-refractivity contribution in [2.75, 3.05) is 7.05 Å². The molecule has 0 aromatic heterocycles. The second-order valence-electron chi connectivity index (χ2n) is 2.54. The van der Waals surface area contributed by atoms with Crippen LogP contribution in [0.1, 0.15) is 26.7 Å². The van der Waals surface area contributed by atoms with Gasteiger partial charge in [0.2, 0.25) is 0 Å². The standard InChI is InChI=1S/C9H15ClN2/c1-5-8(9(10)12-4)6-7(2)11-3/h4-6H2,1-3H3. The molecule has 0 heterocycles. The largest absolute Gasteiger partial charge is 0.297 e. The minimum atomic E-state index is 0.514. The highest BCUT2D eigenvalue weighted by Gasteiger charge is 2.02. The first-order valence-electron chi connectivity index (χ1n) is 3.92. The number of hydrogen-bond acceptors (Lipinski definition) is 2. The van der Waals surface area contributed by atoms with Crippen molar-refractivity contribution in [1.29, 1.82) is 0 Å². The molecule has 0 saturated carbocycles. The van der Waals surface area contributed by atoms with Crippen molar-refractivity contribution < 1.29 is 0 Å². The molecule has 0 bridgehead atoms. The Bertz CT molecular complexity index is 217. The van der Waals surface area contributed by atoms with E-state index in [4.69, 9.17) is 11.6 Å². The maximum atomic E-state index is 5.83. The number of nitrogens with zero attached hydrogens (tertiary/aromatic N) is 2. The summed E-state index contributed by atoms with van der Waals surface area (Å²) in [6.07, 6.45) is 1.69. The fourth-order valence-electron chi connectivity index (χ4n) is 0.843. The van der Waals surface area contributed by atoms with Gasteiger partial charge >= 0.3 is 0 Å². The van der Waals surface area contributed by atoms with Crippen LogP contribution in [0.5, 0.6) is 0 Å². The Morgan fingerprint density at radius 3 is 2.42 bits per heavy atom. The highest BCUT2D eigenvalue weighted by atomic mass is 35.5. The fourth-order valence-corrected chi connectivity index (χ4v) is 1.04. The molecule has 0 aromatic rings. The Morgan fingerprint density at radius 2 is 2.08 bits per heavy atom. The molecule has 0 rings (SSSR count). The minimum Gasteiger partial charge on any atom is -0.297 e. The maximum Gasteiger partial charge on any atom is 0.127 e. The van der Waals surface area contributed by atoms with E-state index in [1.54, 1.807) is 7.05 Å². The third kappa shape index (κ3) is 3.67. The van der Waals surface area contributed by atoms with Gasteiger partial charge in [0.15, 0.2) is 0 Å². The molecular formula is C9H15ClN2. The van der Waals surface area contributed by atoms with Crippen molar-refractivity contribution in [1.82, 2.24) is 0 Å². The van der Waals surface area contributed by atoms with Gasteiger partial charge < -0.3 is 0 Å². The van der Waals surface area contributed by atoms with Crippen molar-refractivity contribution in [2.45, 2.75) is 26.7 Å². The Kier molecular flexibility index (Phi) is 5.64. The third-order valence-corrected chi connectivity index (χ3v) is 2.10. The Morgan fingerprint density at radius 1 is 1.50 bits per heavy atom. The fraction of sp³-hybridized carbons (Fsp3) is 0.556. The van der Waals surface area contributed by atoms with E-state index in [1.807, 2.05) is 13.8 Å². The van der Waals surface area contributed by atoms with Crippen LogP contribution in [-0.4, -0.2) is 19.5 Å². The second kappa shape index (κ2) is 5.95. The predicted octanol–water partition coefficient (Wildman–Crippen LogP) is 3.03. The number of allylic oxidation sites excluding steroid dienone is 1. The van der Waals surface area contributed by atoms with Crippen LogP contribution < -0.4 is 0 Å². The van der Waals surface area contributed by atoms with Gasteiger partial charge in [0, 0.05) is 19.2 Å². The summed E-state index contributed by atoms with van der Waals surface area (Å²) < 4.78 is 0. The topological polar surface area (TPSA) is 24.7 Å². The van der Waals surface area contributed by atoms with Gasteiger partial charge in [0.25, 0.3) is 0 Å². The Hall–Kier alpha value is -0.630. The van der Waals surface area contributed by atoms with Gasteiger partial charge in [-0.25, -0.2) is 0 Å². The van der Waals surface area contributed by atoms with Crippen molar-refractivity contribution >= 4 is 24.0 Å². The molecule has 0 spiro atoms. The van der Waals surface area contributed by atoms with E-state index in [2.05, 4.69) is 16.7 Å². The van der Waals surface area contributed by atoms with Crippen molar-refractivity contribution in [3.8, 4) is 0 Å². The molecule has 0 radical (unpaired) electrons. The molecule has 68 valence electrons. The van der Waals surface area contributed by atoms with Crippen LogP contribution in [0.3, 0.4) is 0 Å². The summed E-state index contributed by atoms with van der Waals surface area (Å²) in [5.41, 5.74) is 2.16. The average Bonchev–Trinajstić information content (AvgIpc) is 2.12. The first-order chi connectivity index (χ1) is 5.65. The van der Waals surface area contributed by atoms with Crippen LogP contribution in [-0.2, 0) is 0 Å². The monoisotopic (exact) mass is 186 g/mol. The SMILES string of the molecule is C=NC(Cl)=C(CC)CC(C)=NC. The van der Waals surface area contributed by atoms with Gasteiger partial charge in [-0.1, -0.05) is 18.5 Å². The number of halogens is 1. The van der Waals surface area contributed by atoms with Gasteiger partial charge in [-0.2, -0.15) is 0 Å². The summed E-state index contributed by atoms with van der Waals surface area (Å²) in [5, 5.41) is 0.514. The van der Waals surface area contributed by atoms with Crippen molar-refractivity contribution in [3.05, 3.63) is 10.7 Å². The molecule has 0 saturated heterocycles.